The summed E-state index contributed by atoms with van der Waals surface area (Å²) in [6, 6.07) is 14.1. The van der Waals surface area contributed by atoms with Gasteiger partial charge in [-0.1, -0.05) is 18.2 Å². The van der Waals surface area contributed by atoms with Crippen molar-refractivity contribution in [2.24, 2.45) is 0 Å². The number of methoxy groups -OCH3 is 1. The maximum atomic E-state index is 12.8. The van der Waals surface area contributed by atoms with Gasteiger partial charge in [-0.3, -0.25) is 14.5 Å². The highest BCUT2D eigenvalue weighted by Crippen LogP contribution is 2.27. The molecule has 0 spiro atoms. The molecule has 0 unspecified atom stereocenters. The molecule has 2 heterocycles. The molecule has 2 N–H and O–H groups in total. The summed E-state index contributed by atoms with van der Waals surface area (Å²) >= 11 is 0. The quantitative estimate of drug-likeness (QED) is 0.514. The van der Waals surface area contributed by atoms with E-state index >= 15 is 0 Å². The number of aromatic nitrogens is 1. The Bertz CT molecular complexity index is 1180. The number of benzene rings is 2. The molecule has 0 saturated carbocycles. The minimum absolute atomic E-state index is 0.120. The molecule has 1 aliphatic heterocycles. The highest BCUT2D eigenvalue weighted by molar-refractivity contribution is 6.08. The highest BCUT2D eigenvalue weighted by Gasteiger charge is 2.38. The van der Waals surface area contributed by atoms with E-state index < -0.39 is 12.1 Å². The Balaban J connectivity index is 1.37. The van der Waals surface area contributed by atoms with Crippen LogP contribution < -0.4 is 15.4 Å². The van der Waals surface area contributed by atoms with Crippen LogP contribution in [0.5, 0.6) is 5.75 Å². The van der Waals surface area contributed by atoms with Crippen LogP contribution in [0, 0.1) is 0 Å². The highest BCUT2D eigenvalue weighted by atomic mass is 16.5. The predicted molar refractivity (Wildman–Crippen MR) is 126 cm³/mol. The number of amides is 4. The Morgan fingerprint density at radius 2 is 1.88 bits per heavy atom. The van der Waals surface area contributed by atoms with Crippen molar-refractivity contribution in [2.45, 2.75) is 38.8 Å². The van der Waals surface area contributed by atoms with Crippen molar-refractivity contribution in [1.29, 1.82) is 0 Å². The van der Waals surface area contributed by atoms with Crippen molar-refractivity contribution in [3.8, 4) is 5.75 Å². The number of hydrogen-bond donors (Lipinski definition) is 2. The molecule has 0 radical (unpaired) electrons. The van der Waals surface area contributed by atoms with E-state index in [2.05, 4.69) is 29.0 Å². The molecule has 4 amide bonds. The number of carbonyl (C=O) groups is 3. The molecule has 1 saturated heterocycles. The third kappa shape index (κ3) is 4.69. The molecular weight excluding hydrogens is 420 g/mol. The van der Waals surface area contributed by atoms with E-state index in [4.69, 9.17) is 4.74 Å². The lowest BCUT2D eigenvalue weighted by Gasteiger charge is -2.14. The van der Waals surface area contributed by atoms with Gasteiger partial charge in [0.25, 0.3) is 5.91 Å². The zero-order chi connectivity index (χ0) is 23.5. The van der Waals surface area contributed by atoms with E-state index in [-0.39, 0.29) is 24.8 Å². The van der Waals surface area contributed by atoms with Gasteiger partial charge < -0.3 is 19.9 Å². The van der Waals surface area contributed by atoms with Crippen LogP contribution in [0.4, 0.5) is 10.5 Å². The Labute approximate surface area is 192 Å². The minimum Gasteiger partial charge on any atom is -0.497 e. The molecule has 0 aliphatic carbocycles. The van der Waals surface area contributed by atoms with Gasteiger partial charge in [-0.25, -0.2) is 4.79 Å². The van der Waals surface area contributed by atoms with Crippen molar-refractivity contribution in [1.82, 2.24) is 14.8 Å². The summed E-state index contributed by atoms with van der Waals surface area (Å²) in [7, 11) is 1.60. The fourth-order valence-corrected chi connectivity index (χ4v) is 4.09. The summed E-state index contributed by atoms with van der Waals surface area (Å²) in [4.78, 5) is 39.0. The normalized spacial score (nSPS) is 15.9. The molecule has 8 nitrogen and oxygen atoms in total. The zero-order valence-electron chi connectivity index (χ0n) is 19.0. The van der Waals surface area contributed by atoms with Crippen LogP contribution in [0.1, 0.15) is 31.9 Å². The van der Waals surface area contributed by atoms with E-state index in [0.717, 1.165) is 22.2 Å². The fraction of sp³-hybridized carbons (Fsp3) is 0.320. The molecular formula is C25H28N4O4. The van der Waals surface area contributed by atoms with Gasteiger partial charge in [0.2, 0.25) is 5.91 Å². The summed E-state index contributed by atoms with van der Waals surface area (Å²) in [6.07, 6.45) is 2.40. The Morgan fingerprint density at radius 3 is 2.58 bits per heavy atom. The second kappa shape index (κ2) is 9.36. The number of ether oxygens (including phenoxy) is 1. The predicted octanol–water partition coefficient (Wildman–Crippen LogP) is 3.72. The first-order chi connectivity index (χ1) is 15.9. The summed E-state index contributed by atoms with van der Waals surface area (Å²) < 4.78 is 7.27. The maximum absolute atomic E-state index is 12.8. The van der Waals surface area contributed by atoms with Gasteiger partial charge in [-0.05, 0) is 56.2 Å². The average molecular weight is 449 g/mol. The minimum atomic E-state index is -0.868. The van der Waals surface area contributed by atoms with Crippen LogP contribution in [0.25, 0.3) is 10.9 Å². The second-order valence-corrected chi connectivity index (χ2v) is 8.40. The SMILES string of the molecule is COc1ccc(CCN2C(=O)N[C@@H](CC(=O)Nc3cccc4c3ccn4C(C)C)C2=O)cc1. The fourth-order valence-electron chi connectivity index (χ4n) is 4.09. The summed E-state index contributed by atoms with van der Waals surface area (Å²) in [6.45, 7) is 4.44. The lowest BCUT2D eigenvalue weighted by Crippen LogP contribution is -2.35. The van der Waals surface area contributed by atoms with Crippen molar-refractivity contribution >= 4 is 34.4 Å². The van der Waals surface area contributed by atoms with E-state index in [1.807, 2.05) is 54.7 Å². The van der Waals surface area contributed by atoms with Gasteiger partial charge in [0.1, 0.15) is 11.8 Å². The molecule has 1 atom stereocenters. The summed E-state index contributed by atoms with van der Waals surface area (Å²) in [5, 5.41) is 6.46. The number of hydrogen-bond acceptors (Lipinski definition) is 4. The lowest BCUT2D eigenvalue weighted by atomic mass is 10.1. The molecule has 3 aromatic rings. The molecule has 1 aliphatic rings. The average Bonchev–Trinajstić information content (AvgIpc) is 3.34. The topological polar surface area (TPSA) is 92.7 Å². The Morgan fingerprint density at radius 1 is 1.12 bits per heavy atom. The molecule has 2 aromatic carbocycles. The van der Waals surface area contributed by atoms with Gasteiger partial charge in [0.15, 0.2) is 0 Å². The summed E-state index contributed by atoms with van der Waals surface area (Å²) in [5.74, 6) is 0.0413. The molecule has 33 heavy (non-hydrogen) atoms. The van der Waals surface area contributed by atoms with Gasteiger partial charge >= 0.3 is 6.03 Å². The Kier molecular flexibility index (Phi) is 6.35. The van der Waals surface area contributed by atoms with Gasteiger partial charge in [-0.15, -0.1) is 0 Å². The monoisotopic (exact) mass is 448 g/mol. The summed E-state index contributed by atoms with van der Waals surface area (Å²) in [5.41, 5.74) is 2.70. The largest absolute Gasteiger partial charge is 0.497 e. The standard InChI is InChI=1S/C25H28N4O4/c1-16(2)28-14-12-19-20(5-4-6-22(19)28)26-23(30)15-21-24(31)29(25(32)27-21)13-11-17-7-9-18(33-3)10-8-17/h4-10,12,14,16,21H,11,13,15H2,1-3H3,(H,26,30)(H,27,32)/t21-/m0/s1. The molecule has 4 rings (SSSR count). The van der Waals surface area contributed by atoms with Crippen LogP contribution in [-0.4, -0.2) is 47.0 Å². The maximum Gasteiger partial charge on any atom is 0.324 e. The number of anilines is 1. The van der Waals surface area contributed by atoms with E-state index in [1.54, 1.807) is 7.11 Å². The van der Waals surface area contributed by atoms with Crippen LogP contribution in [0.3, 0.4) is 0 Å². The van der Waals surface area contributed by atoms with Crippen molar-refractivity contribution in [2.75, 3.05) is 19.0 Å². The number of urea groups is 1. The second-order valence-electron chi connectivity index (χ2n) is 8.40. The van der Waals surface area contributed by atoms with Crippen molar-refractivity contribution in [3.05, 3.63) is 60.3 Å². The van der Waals surface area contributed by atoms with Crippen LogP contribution >= 0.6 is 0 Å². The van der Waals surface area contributed by atoms with Gasteiger partial charge in [-0.2, -0.15) is 0 Å². The number of fused-ring (bicyclic) bond motifs is 1. The molecule has 8 heteroatoms. The zero-order valence-corrected chi connectivity index (χ0v) is 19.0. The third-order valence-electron chi connectivity index (χ3n) is 5.87. The van der Waals surface area contributed by atoms with Crippen molar-refractivity contribution in [3.63, 3.8) is 0 Å². The van der Waals surface area contributed by atoms with Crippen LogP contribution in [0.2, 0.25) is 0 Å². The first-order valence-corrected chi connectivity index (χ1v) is 11.0. The van der Waals surface area contributed by atoms with Gasteiger partial charge in [0.05, 0.1) is 24.7 Å². The first-order valence-electron chi connectivity index (χ1n) is 11.0. The Hall–Kier alpha value is -3.81. The molecule has 1 fully saturated rings. The smallest absolute Gasteiger partial charge is 0.324 e. The molecule has 0 bridgehead atoms. The molecule has 172 valence electrons. The van der Waals surface area contributed by atoms with Crippen LogP contribution in [0.15, 0.2) is 54.7 Å². The number of rotatable bonds is 8. The van der Waals surface area contributed by atoms with Gasteiger partial charge in [0, 0.05) is 24.2 Å². The lowest BCUT2D eigenvalue weighted by molar-refractivity contribution is -0.129. The third-order valence-corrected chi connectivity index (χ3v) is 5.87. The van der Waals surface area contributed by atoms with E-state index in [9.17, 15) is 14.4 Å². The number of carbonyl (C=O) groups excluding carboxylic acids is 3. The van der Waals surface area contributed by atoms with E-state index in [0.29, 0.717) is 18.2 Å². The molecule has 1 aromatic heterocycles. The number of imide groups is 1. The number of nitrogens with zero attached hydrogens (tertiary/aromatic N) is 2. The first kappa shape index (κ1) is 22.4. The van der Waals surface area contributed by atoms with Crippen molar-refractivity contribution < 1.29 is 19.1 Å². The van der Waals surface area contributed by atoms with Crippen LogP contribution in [-0.2, 0) is 16.0 Å². The van der Waals surface area contributed by atoms with E-state index in [1.165, 1.54) is 4.90 Å². The number of nitrogens with one attached hydrogen (secondary N) is 2.